The van der Waals surface area contributed by atoms with Gasteiger partial charge in [-0.1, -0.05) is 12.1 Å². The lowest BCUT2D eigenvalue weighted by atomic mass is 10.1. The van der Waals surface area contributed by atoms with E-state index >= 15 is 0 Å². The molecule has 2 fully saturated rings. The van der Waals surface area contributed by atoms with E-state index in [0.29, 0.717) is 13.1 Å². The van der Waals surface area contributed by atoms with Gasteiger partial charge in [0.2, 0.25) is 10.0 Å². The van der Waals surface area contributed by atoms with Crippen LogP contribution in [0, 0.1) is 6.92 Å². The molecule has 0 amide bonds. The van der Waals surface area contributed by atoms with Crippen molar-refractivity contribution in [3.05, 3.63) is 30.0 Å². The summed E-state index contributed by atoms with van der Waals surface area (Å²) >= 11 is 0. The molecule has 0 bridgehead atoms. The van der Waals surface area contributed by atoms with Gasteiger partial charge in [-0.15, -0.1) is 0 Å². The monoisotopic (exact) mass is 346 g/mol. The van der Waals surface area contributed by atoms with Gasteiger partial charge in [0.05, 0.1) is 22.0 Å². The second kappa shape index (κ2) is 5.97. The Bertz CT molecular complexity index is 856. The van der Waals surface area contributed by atoms with Gasteiger partial charge in [0.25, 0.3) is 0 Å². The Morgan fingerprint density at radius 1 is 1.04 bits per heavy atom. The summed E-state index contributed by atoms with van der Waals surface area (Å²) in [6.45, 7) is 3.14. The van der Waals surface area contributed by atoms with Crippen LogP contribution in [0.25, 0.3) is 11.0 Å². The third-order valence-corrected chi connectivity index (χ3v) is 7.24. The molecular weight excluding hydrogens is 324 g/mol. The highest BCUT2D eigenvalue weighted by molar-refractivity contribution is 7.90. The maximum absolute atomic E-state index is 12.3. The van der Waals surface area contributed by atoms with Crippen molar-refractivity contribution in [1.82, 2.24) is 14.3 Å². The van der Waals surface area contributed by atoms with Crippen molar-refractivity contribution in [3.8, 4) is 0 Å². The maximum atomic E-state index is 12.3. The Hall–Kier alpha value is -1.73. The number of para-hydroxylation sites is 2. The van der Waals surface area contributed by atoms with Crippen molar-refractivity contribution in [3.63, 3.8) is 0 Å². The first-order valence-corrected chi connectivity index (χ1v) is 10.0. The topological polar surface area (TPSA) is 75.2 Å². The van der Waals surface area contributed by atoms with Gasteiger partial charge in [-0.3, -0.25) is 0 Å². The van der Waals surface area contributed by atoms with Crippen LogP contribution in [-0.4, -0.2) is 47.1 Å². The summed E-state index contributed by atoms with van der Waals surface area (Å²) < 4.78 is 26.3. The van der Waals surface area contributed by atoms with Gasteiger partial charge in [0.1, 0.15) is 5.82 Å². The second-order valence-electron chi connectivity index (χ2n) is 6.71. The van der Waals surface area contributed by atoms with Crippen molar-refractivity contribution in [1.29, 1.82) is 0 Å². The zero-order valence-electron chi connectivity index (χ0n) is 13.8. The quantitative estimate of drug-likeness (QED) is 0.919. The summed E-state index contributed by atoms with van der Waals surface area (Å²) in [4.78, 5) is 9.26. The lowest BCUT2D eigenvalue weighted by Gasteiger charge is -2.32. The largest absolute Gasteiger partial charge is 0.366 e. The summed E-state index contributed by atoms with van der Waals surface area (Å²) in [6.07, 6.45) is 3.26. The van der Waals surface area contributed by atoms with Crippen LogP contribution in [0.1, 0.15) is 31.4 Å². The normalized spacial score (nSPS) is 20.4. The first kappa shape index (κ1) is 15.8. The van der Waals surface area contributed by atoms with Crippen LogP contribution in [0.4, 0.5) is 5.82 Å². The molecule has 1 aliphatic carbocycles. The number of nitrogens with zero attached hydrogens (tertiary/aromatic N) is 3. The minimum absolute atomic E-state index is 0.115. The fourth-order valence-corrected chi connectivity index (χ4v) is 5.12. The highest BCUT2D eigenvalue weighted by Gasteiger charge is 2.41. The Morgan fingerprint density at radius 2 is 1.67 bits per heavy atom. The SMILES string of the molecule is Cc1nc2ccccc2nc1NC1CCN(S(=O)(=O)C2CC2)CC1. The molecule has 2 heterocycles. The molecule has 6 nitrogen and oxygen atoms in total. The summed E-state index contributed by atoms with van der Waals surface area (Å²) in [5.74, 6) is 0.803. The van der Waals surface area contributed by atoms with Gasteiger partial charge in [-0.25, -0.2) is 22.7 Å². The number of anilines is 1. The molecule has 1 saturated heterocycles. The van der Waals surface area contributed by atoms with E-state index in [0.717, 1.165) is 48.2 Å². The number of sulfonamides is 1. The number of benzene rings is 1. The minimum Gasteiger partial charge on any atom is -0.366 e. The van der Waals surface area contributed by atoms with E-state index in [1.54, 1.807) is 4.31 Å². The second-order valence-corrected chi connectivity index (χ2v) is 8.92. The fraction of sp³-hybridized carbons (Fsp3) is 0.529. The van der Waals surface area contributed by atoms with Gasteiger partial charge in [0.15, 0.2) is 0 Å². The Morgan fingerprint density at radius 3 is 2.29 bits per heavy atom. The average molecular weight is 346 g/mol. The van der Waals surface area contributed by atoms with Gasteiger partial charge in [-0.05, 0) is 44.7 Å². The van der Waals surface area contributed by atoms with Crippen LogP contribution in [-0.2, 0) is 10.0 Å². The van der Waals surface area contributed by atoms with Gasteiger partial charge in [-0.2, -0.15) is 0 Å². The molecule has 0 spiro atoms. The predicted molar refractivity (Wildman–Crippen MR) is 94.4 cm³/mol. The highest BCUT2D eigenvalue weighted by Crippen LogP contribution is 2.32. The molecule has 1 saturated carbocycles. The Balaban J connectivity index is 1.44. The molecule has 0 unspecified atom stereocenters. The van der Waals surface area contributed by atoms with E-state index in [2.05, 4.69) is 15.3 Å². The first-order chi connectivity index (χ1) is 11.5. The van der Waals surface area contributed by atoms with E-state index in [-0.39, 0.29) is 11.3 Å². The van der Waals surface area contributed by atoms with E-state index in [4.69, 9.17) is 0 Å². The van der Waals surface area contributed by atoms with Crippen molar-refractivity contribution in [2.75, 3.05) is 18.4 Å². The number of fused-ring (bicyclic) bond motifs is 1. The van der Waals surface area contributed by atoms with Crippen LogP contribution in [0.15, 0.2) is 24.3 Å². The van der Waals surface area contributed by atoms with Gasteiger partial charge >= 0.3 is 0 Å². The van der Waals surface area contributed by atoms with Crippen LogP contribution < -0.4 is 5.32 Å². The van der Waals surface area contributed by atoms with Crippen molar-refractivity contribution < 1.29 is 8.42 Å². The van der Waals surface area contributed by atoms with Crippen molar-refractivity contribution in [2.45, 2.75) is 43.9 Å². The smallest absolute Gasteiger partial charge is 0.216 e. The fourth-order valence-electron chi connectivity index (χ4n) is 3.25. The number of rotatable bonds is 4. The maximum Gasteiger partial charge on any atom is 0.216 e. The molecule has 128 valence electrons. The number of aryl methyl sites for hydroxylation is 1. The molecular formula is C17H22N4O2S. The van der Waals surface area contributed by atoms with Crippen LogP contribution in [0.5, 0.6) is 0 Å². The molecule has 4 rings (SSSR count). The Kier molecular flexibility index (Phi) is 3.92. The predicted octanol–water partition coefficient (Wildman–Crippen LogP) is 2.31. The molecule has 24 heavy (non-hydrogen) atoms. The van der Waals surface area contributed by atoms with Gasteiger partial charge in [0, 0.05) is 19.1 Å². The van der Waals surface area contributed by atoms with E-state index in [1.165, 1.54) is 0 Å². The molecule has 1 aliphatic heterocycles. The average Bonchev–Trinajstić information content (AvgIpc) is 3.41. The van der Waals surface area contributed by atoms with Crippen molar-refractivity contribution >= 4 is 26.9 Å². The molecule has 2 aromatic rings. The molecule has 1 N–H and O–H groups in total. The summed E-state index contributed by atoms with van der Waals surface area (Å²) in [5, 5.41) is 3.35. The number of hydrogen-bond acceptors (Lipinski definition) is 5. The van der Waals surface area contributed by atoms with E-state index in [1.807, 2.05) is 31.2 Å². The Labute approximate surface area is 142 Å². The molecule has 1 aromatic heterocycles. The summed E-state index contributed by atoms with van der Waals surface area (Å²) in [5.41, 5.74) is 2.65. The molecule has 7 heteroatoms. The first-order valence-electron chi connectivity index (χ1n) is 8.53. The third kappa shape index (κ3) is 2.98. The zero-order valence-corrected chi connectivity index (χ0v) is 14.6. The molecule has 0 atom stereocenters. The lowest BCUT2D eigenvalue weighted by Crippen LogP contribution is -2.43. The highest BCUT2D eigenvalue weighted by atomic mass is 32.2. The number of piperidine rings is 1. The van der Waals surface area contributed by atoms with Crippen molar-refractivity contribution in [2.24, 2.45) is 0 Å². The lowest BCUT2D eigenvalue weighted by molar-refractivity contribution is 0.329. The number of nitrogens with one attached hydrogen (secondary N) is 1. The minimum atomic E-state index is -3.04. The summed E-state index contributed by atoms with van der Waals surface area (Å²) in [6, 6.07) is 8.07. The number of hydrogen-bond donors (Lipinski definition) is 1. The van der Waals surface area contributed by atoms with E-state index < -0.39 is 10.0 Å². The van der Waals surface area contributed by atoms with Crippen LogP contribution in [0.3, 0.4) is 0 Å². The zero-order chi connectivity index (χ0) is 16.7. The molecule has 1 aromatic carbocycles. The molecule has 0 radical (unpaired) electrons. The molecule has 2 aliphatic rings. The third-order valence-electron chi connectivity index (χ3n) is 4.85. The van der Waals surface area contributed by atoms with Crippen LogP contribution >= 0.6 is 0 Å². The number of aromatic nitrogens is 2. The standard InChI is InChI=1S/C17H22N4O2S/c1-12-17(20-16-5-3-2-4-15(16)18-12)19-13-8-10-21(11-9-13)24(22,23)14-6-7-14/h2-5,13-14H,6-11H2,1H3,(H,19,20). The summed E-state index contributed by atoms with van der Waals surface area (Å²) in [7, 11) is -3.04. The van der Waals surface area contributed by atoms with E-state index in [9.17, 15) is 8.42 Å². The van der Waals surface area contributed by atoms with Gasteiger partial charge < -0.3 is 5.32 Å². The van der Waals surface area contributed by atoms with Crippen LogP contribution in [0.2, 0.25) is 0 Å².